The van der Waals surface area contributed by atoms with E-state index in [0.29, 0.717) is 0 Å². The second-order valence-corrected chi connectivity index (χ2v) is 5.58. The van der Waals surface area contributed by atoms with Crippen molar-refractivity contribution >= 4 is 0 Å². The Kier molecular flexibility index (Phi) is 7.06. The van der Waals surface area contributed by atoms with E-state index >= 15 is 0 Å². The molecular formula is C14H30N2. The minimum absolute atomic E-state index is 0.818. The van der Waals surface area contributed by atoms with Crippen LogP contribution in [0.4, 0.5) is 0 Å². The van der Waals surface area contributed by atoms with E-state index in [1.165, 1.54) is 58.3 Å². The average Bonchev–Trinajstić information content (AvgIpc) is 3.04. The lowest BCUT2D eigenvalue weighted by Gasteiger charge is -2.23. The SMILES string of the molecule is CCCNCCCCN(CC(C)C)C1CC1. The smallest absolute Gasteiger partial charge is 0.00965 e. The zero-order valence-electron chi connectivity index (χ0n) is 11.5. The van der Waals surface area contributed by atoms with E-state index in [4.69, 9.17) is 0 Å². The van der Waals surface area contributed by atoms with Crippen molar-refractivity contribution in [3.8, 4) is 0 Å². The van der Waals surface area contributed by atoms with Crippen LogP contribution in [0, 0.1) is 5.92 Å². The molecule has 2 nitrogen and oxygen atoms in total. The predicted octanol–water partition coefficient (Wildman–Crippen LogP) is 2.89. The molecule has 0 amide bonds. The number of hydrogen-bond acceptors (Lipinski definition) is 2. The van der Waals surface area contributed by atoms with E-state index in [9.17, 15) is 0 Å². The van der Waals surface area contributed by atoms with Gasteiger partial charge in [0.2, 0.25) is 0 Å². The summed E-state index contributed by atoms with van der Waals surface area (Å²) in [4.78, 5) is 2.71. The maximum atomic E-state index is 3.48. The van der Waals surface area contributed by atoms with E-state index in [1.54, 1.807) is 0 Å². The molecular weight excluding hydrogens is 196 g/mol. The Bertz CT molecular complexity index is 164. The molecule has 0 saturated heterocycles. The average molecular weight is 226 g/mol. The highest BCUT2D eigenvalue weighted by molar-refractivity contribution is 4.84. The lowest BCUT2D eigenvalue weighted by molar-refractivity contribution is 0.230. The van der Waals surface area contributed by atoms with Gasteiger partial charge in [-0.05, 0) is 57.7 Å². The predicted molar refractivity (Wildman–Crippen MR) is 71.8 cm³/mol. The molecule has 0 aliphatic heterocycles. The highest BCUT2D eigenvalue weighted by Gasteiger charge is 2.28. The zero-order valence-corrected chi connectivity index (χ0v) is 11.5. The van der Waals surface area contributed by atoms with Gasteiger partial charge in [0.25, 0.3) is 0 Å². The van der Waals surface area contributed by atoms with Gasteiger partial charge < -0.3 is 10.2 Å². The van der Waals surface area contributed by atoms with Gasteiger partial charge in [-0.1, -0.05) is 20.8 Å². The largest absolute Gasteiger partial charge is 0.317 e. The van der Waals surface area contributed by atoms with Crippen molar-refractivity contribution in [2.45, 2.75) is 58.9 Å². The van der Waals surface area contributed by atoms with Gasteiger partial charge in [-0.3, -0.25) is 0 Å². The number of rotatable bonds is 10. The number of nitrogens with one attached hydrogen (secondary N) is 1. The molecule has 1 aliphatic rings. The molecule has 0 atom stereocenters. The summed E-state index contributed by atoms with van der Waals surface area (Å²) in [5, 5.41) is 3.48. The Morgan fingerprint density at radius 1 is 1.19 bits per heavy atom. The van der Waals surface area contributed by atoms with Crippen LogP contribution < -0.4 is 5.32 Å². The molecule has 16 heavy (non-hydrogen) atoms. The van der Waals surface area contributed by atoms with Crippen LogP contribution in [0.1, 0.15) is 52.9 Å². The fraction of sp³-hybridized carbons (Fsp3) is 1.00. The maximum Gasteiger partial charge on any atom is 0.00965 e. The van der Waals surface area contributed by atoms with Crippen LogP contribution in [0.5, 0.6) is 0 Å². The monoisotopic (exact) mass is 226 g/mol. The van der Waals surface area contributed by atoms with Gasteiger partial charge in [0.05, 0.1) is 0 Å². The first-order chi connectivity index (χ1) is 7.74. The van der Waals surface area contributed by atoms with Crippen molar-refractivity contribution in [1.82, 2.24) is 10.2 Å². The summed E-state index contributed by atoms with van der Waals surface area (Å²) in [7, 11) is 0. The number of unbranched alkanes of at least 4 members (excludes halogenated alkanes) is 1. The van der Waals surface area contributed by atoms with Crippen molar-refractivity contribution in [2.75, 3.05) is 26.2 Å². The number of nitrogens with zero attached hydrogens (tertiary/aromatic N) is 1. The Morgan fingerprint density at radius 2 is 1.94 bits per heavy atom. The fourth-order valence-corrected chi connectivity index (χ4v) is 2.20. The first-order valence-corrected chi connectivity index (χ1v) is 7.18. The molecule has 2 heteroatoms. The quantitative estimate of drug-likeness (QED) is 0.576. The molecule has 96 valence electrons. The maximum absolute atomic E-state index is 3.48. The minimum Gasteiger partial charge on any atom is -0.317 e. The highest BCUT2D eigenvalue weighted by Crippen LogP contribution is 2.27. The Morgan fingerprint density at radius 3 is 2.50 bits per heavy atom. The van der Waals surface area contributed by atoms with Gasteiger partial charge in [-0.2, -0.15) is 0 Å². The van der Waals surface area contributed by atoms with Crippen LogP contribution >= 0.6 is 0 Å². The summed E-state index contributed by atoms with van der Waals surface area (Å²) < 4.78 is 0. The molecule has 0 radical (unpaired) electrons. The molecule has 1 fully saturated rings. The summed E-state index contributed by atoms with van der Waals surface area (Å²) in [5.74, 6) is 0.818. The third-order valence-electron chi connectivity index (χ3n) is 3.14. The molecule has 1 saturated carbocycles. The van der Waals surface area contributed by atoms with Crippen LogP contribution in [0.15, 0.2) is 0 Å². The second kappa shape index (κ2) is 8.08. The Balaban J connectivity index is 1.99. The lowest BCUT2D eigenvalue weighted by Crippen LogP contribution is -2.31. The van der Waals surface area contributed by atoms with Crippen LogP contribution in [-0.4, -0.2) is 37.1 Å². The molecule has 0 unspecified atom stereocenters. The molecule has 0 bridgehead atoms. The fourth-order valence-electron chi connectivity index (χ4n) is 2.20. The first kappa shape index (κ1) is 14.0. The molecule has 0 aromatic carbocycles. The third-order valence-corrected chi connectivity index (χ3v) is 3.14. The van der Waals surface area contributed by atoms with E-state index in [0.717, 1.165) is 12.0 Å². The summed E-state index contributed by atoms with van der Waals surface area (Å²) >= 11 is 0. The minimum atomic E-state index is 0.818. The van der Waals surface area contributed by atoms with Gasteiger partial charge >= 0.3 is 0 Å². The van der Waals surface area contributed by atoms with Crippen LogP contribution in [0.2, 0.25) is 0 Å². The van der Waals surface area contributed by atoms with E-state index in [2.05, 4.69) is 31.0 Å². The van der Waals surface area contributed by atoms with Crippen molar-refractivity contribution in [2.24, 2.45) is 5.92 Å². The molecule has 0 spiro atoms. The van der Waals surface area contributed by atoms with Crippen LogP contribution in [0.25, 0.3) is 0 Å². The highest BCUT2D eigenvalue weighted by atomic mass is 15.2. The molecule has 0 aromatic rings. The molecule has 1 N–H and O–H groups in total. The third kappa shape index (κ3) is 6.49. The van der Waals surface area contributed by atoms with E-state index < -0.39 is 0 Å². The topological polar surface area (TPSA) is 15.3 Å². The standard InChI is InChI=1S/C14H30N2/c1-4-9-15-10-5-6-11-16(12-13(2)3)14-7-8-14/h13-15H,4-12H2,1-3H3. The summed E-state index contributed by atoms with van der Waals surface area (Å²) in [6.07, 6.45) is 6.84. The Hall–Kier alpha value is -0.0800. The molecule has 1 rings (SSSR count). The van der Waals surface area contributed by atoms with Crippen molar-refractivity contribution in [3.05, 3.63) is 0 Å². The molecule has 0 heterocycles. The van der Waals surface area contributed by atoms with E-state index in [-0.39, 0.29) is 0 Å². The van der Waals surface area contributed by atoms with Crippen molar-refractivity contribution in [1.29, 1.82) is 0 Å². The summed E-state index contributed by atoms with van der Waals surface area (Å²) in [5.41, 5.74) is 0. The molecule has 0 aromatic heterocycles. The van der Waals surface area contributed by atoms with E-state index in [1.807, 2.05) is 0 Å². The molecule has 1 aliphatic carbocycles. The normalized spacial score (nSPS) is 16.3. The summed E-state index contributed by atoms with van der Waals surface area (Å²) in [6.45, 7) is 11.9. The van der Waals surface area contributed by atoms with Gasteiger partial charge in [0.15, 0.2) is 0 Å². The van der Waals surface area contributed by atoms with Gasteiger partial charge in [0, 0.05) is 12.6 Å². The van der Waals surface area contributed by atoms with Crippen LogP contribution in [-0.2, 0) is 0 Å². The number of hydrogen-bond donors (Lipinski definition) is 1. The second-order valence-electron chi connectivity index (χ2n) is 5.58. The Labute approximate surface area is 102 Å². The van der Waals surface area contributed by atoms with Gasteiger partial charge in [0.1, 0.15) is 0 Å². The lowest BCUT2D eigenvalue weighted by atomic mass is 10.2. The van der Waals surface area contributed by atoms with Crippen molar-refractivity contribution in [3.63, 3.8) is 0 Å². The summed E-state index contributed by atoms with van der Waals surface area (Å²) in [6, 6.07) is 0.936. The zero-order chi connectivity index (χ0) is 11.8. The first-order valence-electron chi connectivity index (χ1n) is 7.18. The van der Waals surface area contributed by atoms with Gasteiger partial charge in [-0.25, -0.2) is 0 Å². The van der Waals surface area contributed by atoms with Gasteiger partial charge in [-0.15, -0.1) is 0 Å². The van der Waals surface area contributed by atoms with Crippen molar-refractivity contribution < 1.29 is 0 Å². The van der Waals surface area contributed by atoms with Crippen LogP contribution in [0.3, 0.4) is 0 Å².